The smallest absolute Gasteiger partial charge is 0.326 e. The van der Waals surface area contributed by atoms with E-state index in [-0.39, 0.29) is 25.4 Å². The molecule has 1 amide bonds. The van der Waals surface area contributed by atoms with Crippen LogP contribution >= 0.6 is 0 Å². The number of carbonyl (C=O) groups excluding carboxylic acids is 1. The van der Waals surface area contributed by atoms with Gasteiger partial charge >= 0.3 is 5.97 Å². The van der Waals surface area contributed by atoms with Crippen LogP contribution in [-0.4, -0.2) is 59.3 Å². The Hall–Kier alpha value is -1.14. The van der Waals surface area contributed by atoms with Gasteiger partial charge in [0.05, 0.1) is 12.6 Å². The Morgan fingerprint density at radius 3 is 2.71 bits per heavy atom. The van der Waals surface area contributed by atoms with Crippen LogP contribution in [0.15, 0.2) is 0 Å². The van der Waals surface area contributed by atoms with Gasteiger partial charge in [-0.25, -0.2) is 4.79 Å². The Balaban J connectivity index is 2.66. The monoisotopic (exact) mass is 202 g/mol. The van der Waals surface area contributed by atoms with Crippen LogP contribution < -0.4 is 5.32 Å². The lowest BCUT2D eigenvalue weighted by atomic mass is 10.2. The van der Waals surface area contributed by atoms with Crippen molar-refractivity contribution in [2.45, 2.75) is 18.6 Å². The molecule has 1 rings (SSSR count). The molecule has 1 unspecified atom stereocenters. The Bertz CT molecular complexity index is 243. The number of hydrogen-bond donors (Lipinski definition) is 3. The Kier molecular flexibility index (Phi) is 3.43. The van der Waals surface area contributed by atoms with Gasteiger partial charge in [-0.3, -0.25) is 4.79 Å². The highest BCUT2D eigenvalue weighted by atomic mass is 16.4. The van der Waals surface area contributed by atoms with Crippen LogP contribution in [-0.2, 0) is 9.59 Å². The largest absolute Gasteiger partial charge is 0.480 e. The molecule has 1 fully saturated rings. The second kappa shape index (κ2) is 4.39. The van der Waals surface area contributed by atoms with Crippen molar-refractivity contribution in [3.63, 3.8) is 0 Å². The average molecular weight is 202 g/mol. The molecule has 1 aliphatic heterocycles. The maximum atomic E-state index is 11.4. The number of likely N-dealkylation sites (N-methyl/N-ethyl adjacent to an activating group) is 1. The molecule has 80 valence electrons. The SMILES string of the molecule is CNCC(=O)N1CC(O)C[C@H]1C(=O)O. The third-order valence-corrected chi connectivity index (χ3v) is 2.21. The first-order chi connectivity index (χ1) is 6.56. The van der Waals surface area contributed by atoms with Gasteiger partial charge in [0, 0.05) is 13.0 Å². The molecule has 0 bridgehead atoms. The molecule has 3 N–H and O–H groups in total. The molecule has 0 spiro atoms. The summed E-state index contributed by atoms with van der Waals surface area (Å²) in [5, 5.41) is 20.7. The number of nitrogens with one attached hydrogen (secondary N) is 1. The van der Waals surface area contributed by atoms with E-state index in [1.807, 2.05) is 0 Å². The summed E-state index contributed by atoms with van der Waals surface area (Å²) in [4.78, 5) is 23.3. The first-order valence-electron chi connectivity index (χ1n) is 4.41. The predicted octanol–water partition coefficient (Wildman–Crippen LogP) is -1.75. The number of nitrogens with zero attached hydrogens (tertiary/aromatic N) is 1. The minimum absolute atomic E-state index is 0.0938. The highest BCUT2D eigenvalue weighted by molar-refractivity contribution is 5.85. The van der Waals surface area contributed by atoms with Gasteiger partial charge in [-0.15, -0.1) is 0 Å². The van der Waals surface area contributed by atoms with Crippen LogP contribution in [0.4, 0.5) is 0 Å². The lowest BCUT2D eigenvalue weighted by Gasteiger charge is -2.20. The molecule has 0 aromatic rings. The van der Waals surface area contributed by atoms with Crippen molar-refractivity contribution in [3.05, 3.63) is 0 Å². The number of carboxylic acids is 1. The molecule has 1 heterocycles. The zero-order valence-electron chi connectivity index (χ0n) is 7.93. The van der Waals surface area contributed by atoms with Gasteiger partial charge in [-0.2, -0.15) is 0 Å². The number of aliphatic hydroxyl groups excluding tert-OH is 1. The molecule has 6 heteroatoms. The van der Waals surface area contributed by atoms with Crippen LogP contribution in [0.25, 0.3) is 0 Å². The lowest BCUT2D eigenvalue weighted by Crippen LogP contribution is -2.44. The van der Waals surface area contributed by atoms with E-state index in [2.05, 4.69) is 5.32 Å². The van der Waals surface area contributed by atoms with Gasteiger partial charge in [-0.1, -0.05) is 0 Å². The van der Waals surface area contributed by atoms with Crippen LogP contribution in [0.1, 0.15) is 6.42 Å². The number of hydrogen-bond acceptors (Lipinski definition) is 4. The van der Waals surface area contributed by atoms with Crippen LogP contribution in [0, 0.1) is 0 Å². The second-order valence-electron chi connectivity index (χ2n) is 3.32. The number of aliphatic carboxylic acids is 1. The van der Waals surface area contributed by atoms with Crippen molar-refractivity contribution in [2.75, 3.05) is 20.1 Å². The maximum Gasteiger partial charge on any atom is 0.326 e. The number of aliphatic hydroxyl groups is 1. The number of rotatable bonds is 3. The zero-order valence-corrected chi connectivity index (χ0v) is 7.93. The number of carboxylic acid groups (broad SMARTS) is 1. The molecule has 6 nitrogen and oxygen atoms in total. The van der Waals surface area contributed by atoms with E-state index in [0.717, 1.165) is 0 Å². The van der Waals surface area contributed by atoms with Crippen molar-refractivity contribution in [1.82, 2.24) is 10.2 Å². The van der Waals surface area contributed by atoms with Gasteiger partial charge in [0.15, 0.2) is 0 Å². The molecular formula is C8H14N2O4. The molecule has 0 saturated carbocycles. The second-order valence-corrected chi connectivity index (χ2v) is 3.32. The normalized spacial score (nSPS) is 26.6. The quantitative estimate of drug-likeness (QED) is 0.505. The molecule has 0 radical (unpaired) electrons. The zero-order chi connectivity index (χ0) is 10.7. The lowest BCUT2D eigenvalue weighted by molar-refractivity contribution is -0.147. The summed E-state index contributed by atoms with van der Waals surface area (Å²) < 4.78 is 0. The summed E-state index contributed by atoms with van der Waals surface area (Å²) >= 11 is 0. The number of likely N-dealkylation sites (tertiary alicyclic amines) is 1. The summed E-state index contributed by atoms with van der Waals surface area (Å²) in [5.41, 5.74) is 0. The summed E-state index contributed by atoms with van der Waals surface area (Å²) in [6.45, 7) is 0.202. The van der Waals surface area contributed by atoms with Crippen LogP contribution in [0.5, 0.6) is 0 Å². The van der Waals surface area contributed by atoms with Gasteiger partial charge in [0.25, 0.3) is 0 Å². The summed E-state index contributed by atoms with van der Waals surface area (Å²) in [5.74, 6) is -1.36. The van der Waals surface area contributed by atoms with E-state index in [9.17, 15) is 14.7 Å². The molecule has 0 aliphatic carbocycles. The summed E-state index contributed by atoms with van der Waals surface area (Å²) in [6.07, 6.45) is -0.609. The Morgan fingerprint density at radius 2 is 2.21 bits per heavy atom. The van der Waals surface area contributed by atoms with Crippen LogP contribution in [0.2, 0.25) is 0 Å². The minimum Gasteiger partial charge on any atom is -0.480 e. The van der Waals surface area contributed by atoms with Crippen LogP contribution in [0.3, 0.4) is 0 Å². The fourth-order valence-electron chi connectivity index (χ4n) is 1.58. The molecule has 1 saturated heterocycles. The highest BCUT2D eigenvalue weighted by Crippen LogP contribution is 2.17. The van der Waals surface area contributed by atoms with E-state index in [1.54, 1.807) is 7.05 Å². The fraction of sp³-hybridized carbons (Fsp3) is 0.750. The maximum absolute atomic E-state index is 11.4. The number of amides is 1. The molecule has 0 aromatic carbocycles. The summed E-state index contributed by atoms with van der Waals surface area (Å²) in [6, 6.07) is -0.883. The Labute approximate surface area is 81.5 Å². The van der Waals surface area contributed by atoms with Crippen molar-refractivity contribution in [3.8, 4) is 0 Å². The van der Waals surface area contributed by atoms with Gasteiger partial charge in [0.2, 0.25) is 5.91 Å². The topological polar surface area (TPSA) is 89.9 Å². The number of carbonyl (C=O) groups is 2. The minimum atomic E-state index is -1.06. The first kappa shape index (κ1) is 10.9. The van der Waals surface area contributed by atoms with E-state index in [4.69, 9.17) is 5.11 Å². The van der Waals surface area contributed by atoms with E-state index in [1.165, 1.54) is 4.90 Å². The molecule has 2 atom stereocenters. The van der Waals surface area contributed by atoms with E-state index < -0.39 is 18.1 Å². The van der Waals surface area contributed by atoms with Crippen molar-refractivity contribution < 1.29 is 19.8 Å². The third kappa shape index (κ3) is 2.21. The predicted molar refractivity (Wildman–Crippen MR) is 47.7 cm³/mol. The average Bonchev–Trinajstić information content (AvgIpc) is 2.48. The van der Waals surface area contributed by atoms with Gasteiger partial charge < -0.3 is 20.4 Å². The molecule has 14 heavy (non-hydrogen) atoms. The molecular weight excluding hydrogens is 188 g/mol. The third-order valence-electron chi connectivity index (χ3n) is 2.21. The van der Waals surface area contributed by atoms with Crippen molar-refractivity contribution in [2.24, 2.45) is 0 Å². The highest BCUT2D eigenvalue weighted by Gasteiger charge is 2.38. The summed E-state index contributed by atoms with van der Waals surface area (Å²) in [7, 11) is 1.61. The van der Waals surface area contributed by atoms with Crippen molar-refractivity contribution >= 4 is 11.9 Å². The number of β-amino-alcohol motifs (C(OH)–C–C–N with tert-alkyl or cyclic N) is 1. The fourth-order valence-corrected chi connectivity index (χ4v) is 1.58. The molecule has 0 aromatic heterocycles. The Morgan fingerprint density at radius 1 is 1.57 bits per heavy atom. The first-order valence-corrected chi connectivity index (χ1v) is 4.41. The van der Waals surface area contributed by atoms with E-state index >= 15 is 0 Å². The van der Waals surface area contributed by atoms with Crippen molar-refractivity contribution in [1.29, 1.82) is 0 Å². The van der Waals surface area contributed by atoms with E-state index in [0.29, 0.717) is 0 Å². The standard InChI is InChI=1S/C8H14N2O4/c1-9-3-7(12)10-4-5(11)2-6(10)8(13)14/h5-6,9,11H,2-4H2,1H3,(H,13,14)/t5?,6-/m0/s1. The van der Waals surface area contributed by atoms with Gasteiger partial charge in [-0.05, 0) is 7.05 Å². The van der Waals surface area contributed by atoms with Gasteiger partial charge in [0.1, 0.15) is 6.04 Å². The molecule has 1 aliphatic rings.